The minimum absolute atomic E-state index is 0.779. The zero-order valence-corrected chi connectivity index (χ0v) is 73.5. The van der Waals surface area contributed by atoms with Gasteiger partial charge in [-0.25, -0.2) is 0 Å². The van der Waals surface area contributed by atoms with Crippen molar-refractivity contribution >= 4 is 0 Å². The third kappa shape index (κ3) is 18.9. The lowest BCUT2D eigenvalue weighted by molar-refractivity contribution is -0.0411. The maximum absolute atomic E-state index is 2.54. The third-order valence-electron chi connectivity index (χ3n) is 42.5. The molecule has 17 atom stereocenters. The second-order valence-corrected chi connectivity index (χ2v) is 50.8. The van der Waals surface area contributed by atoms with Crippen LogP contribution in [0.25, 0.3) is 0 Å². The van der Waals surface area contributed by atoms with Crippen molar-refractivity contribution < 1.29 is 0 Å². The smallest absolute Gasteiger partial charge is 0.0292 e. The van der Waals surface area contributed by atoms with E-state index >= 15 is 0 Å². The Labute approximate surface area is 666 Å². The summed E-state index contributed by atoms with van der Waals surface area (Å²) in [4.78, 5) is 0. The lowest BCUT2D eigenvalue weighted by Gasteiger charge is -2.55. The quantitative estimate of drug-likeness (QED) is 0.227. The van der Waals surface area contributed by atoms with Crippen LogP contribution < -0.4 is 0 Å². The van der Waals surface area contributed by atoms with E-state index in [-0.39, 0.29) is 0 Å². The standard InChI is InChI=1S/C12H20.2C11H18.2C10H16.2C10H18.C9H16.3C8H14/c1-8-2-9-3-10-5-11(4-9)7-12(8)6-10;1-11-5-8-2-9(6-11)4-10(3-8)7-11;1-7-10-3-8-2-9(5-10)6-11(7)4-8;1-10-5-7-2-8(6-10)4-9(10)3-7;1-6-8-2-7-3-9(5-8)10(6)4-7;1-10-6-2-4-9(8-10)5-3-7-10;1-8-9-4-2-5-10(8)7-3-6-9;1-7-6-8-2-4-9(7)5-3-8;1-6-2-7-4-8(3-6)5-7;2*1-6-4-7-2-3-8(6)5-7/h8-12H,2-7H2,1H3;8-10H,2-7H2,1H3;7-11H,2-6H2,1H3;7-9H,2-6H2,1H3;6-10H,2-5H2,1H3;9H,2-8H2,1H3;8-10H,2-7H2,1H3;7-9H,2-6H2,1H3;3*6-8H,2-5H2,1H3. The largest absolute Gasteiger partial charge is 0.0625 e. The molecule has 0 N–H and O–H groups in total. The molecular formula is C107H182. The first-order chi connectivity index (χ1) is 51.6. The molecule has 0 heterocycles. The van der Waals surface area contributed by atoms with Crippen LogP contribution in [0.4, 0.5) is 0 Å². The van der Waals surface area contributed by atoms with E-state index in [1.165, 1.54) is 108 Å². The number of hydrogen-bond acceptors (Lipinski definition) is 0. The third-order valence-corrected chi connectivity index (χ3v) is 42.5. The van der Waals surface area contributed by atoms with Gasteiger partial charge in [0.2, 0.25) is 0 Å². The lowest BCUT2D eigenvalue weighted by atomic mass is 9.50. The molecule has 32 bridgehead atoms. The van der Waals surface area contributed by atoms with Crippen LogP contribution in [-0.2, 0) is 0 Å². The summed E-state index contributed by atoms with van der Waals surface area (Å²) < 4.78 is 0. The summed E-state index contributed by atoms with van der Waals surface area (Å²) in [6.07, 6.45) is 87.6. The Hall–Kier alpha value is 0. The van der Waals surface area contributed by atoms with E-state index in [1.807, 2.05) is 0 Å². The molecule has 34 saturated carbocycles. The van der Waals surface area contributed by atoms with Crippen LogP contribution in [0, 0.1) is 235 Å². The summed E-state index contributed by atoms with van der Waals surface area (Å²) in [6, 6.07) is 0. The van der Waals surface area contributed by atoms with Crippen molar-refractivity contribution in [3.63, 3.8) is 0 Å². The zero-order chi connectivity index (χ0) is 73.5. The number of hydrogen-bond donors (Lipinski definition) is 0. The summed E-state index contributed by atoms with van der Waals surface area (Å²) in [5, 5.41) is 0. The van der Waals surface area contributed by atoms with Crippen molar-refractivity contribution in [2.45, 2.75) is 436 Å². The monoisotopic (exact) mass is 1470 g/mol. The fourth-order valence-corrected chi connectivity index (χ4v) is 37.8. The summed E-state index contributed by atoms with van der Waals surface area (Å²) >= 11 is 0. The molecule has 34 aliphatic carbocycles. The Bertz CT molecular complexity index is 2590. The van der Waals surface area contributed by atoms with E-state index < -0.39 is 0 Å². The van der Waals surface area contributed by atoms with E-state index in [1.54, 1.807) is 270 Å². The molecule has 0 aromatic carbocycles. The topological polar surface area (TPSA) is 0 Å². The predicted octanol–water partition coefficient (Wildman–Crippen LogP) is 32.0. The Morgan fingerprint density at radius 1 is 0.187 bits per heavy atom. The second-order valence-electron chi connectivity index (χ2n) is 50.8. The highest BCUT2D eigenvalue weighted by atomic mass is 14.6. The molecule has 0 heteroatoms. The van der Waals surface area contributed by atoms with Gasteiger partial charge in [0.15, 0.2) is 0 Å². The van der Waals surface area contributed by atoms with Crippen LogP contribution in [0.3, 0.4) is 0 Å². The molecule has 610 valence electrons. The summed E-state index contributed by atoms with van der Waals surface area (Å²) in [6.45, 7) is 27.2. The molecule has 34 rings (SSSR count). The Morgan fingerprint density at radius 3 is 0.850 bits per heavy atom. The van der Waals surface area contributed by atoms with Crippen molar-refractivity contribution in [2.75, 3.05) is 0 Å². The first-order valence-corrected chi connectivity index (χ1v) is 51.6. The van der Waals surface area contributed by atoms with Gasteiger partial charge >= 0.3 is 0 Å². The van der Waals surface area contributed by atoms with Crippen LogP contribution >= 0.6 is 0 Å². The van der Waals surface area contributed by atoms with Gasteiger partial charge in [-0.2, -0.15) is 0 Å². The van der Waals surface area contributed by atoms with E-state index in [0.717, 1.165) is 217 Å². The molecule has 0 saturated heterocycles. The molecule has 0 spiro atoms. The summed E-state index contributed by atoms with van der Waals surface area (Å²) in [5.74, 6) is 41.8. The highest BCUT2D eigenvalue weighted by Gasteiger charge is 2.56. The van der Waals surface area contributed by atoms with Crippen LogP contribution in [0.1, 0.15) is 436 Å². The molecule has 0 aromatic rings. The van der Waals surface area contributed by atoms with E-state index in [9.17, 15) is 0 Å². The maximum atomic E-state index is 2.54. The molecule has 0 nitrogen and oxygen atoms in total. The van der Waals surface area contributed by atoms with Gasteiger partial charge in [0, 0.05) is 0 Å². The average Bonchev–Trinajstić information content (AvgIpc) is 1.27. The minimum atomic E-state index is 0.779. The van der Waals surface area contributed by atoms with Gasteiger partial charge in [0.1, 0.15) is 0 Å². The first-order valence-electron chi connectivity index (χ1n) is 51.6. The van der Waals surface area contributed by atoms with Crippen molar-refractivity contribution in [1.29, 1.82) is 0 Å². The van der Waals surface area contributed by atoms with Crippen LogP contribution in [-0.4, -0.2) is 0 Å². The van der Waals surface area contributed by atoms with Crippen molar-refractivity contribution in [2.24, 2.45) is 235 Å². The molecule has 34 fully saturated rings. The lowest BCUT2D eigenvalue weighted by Crippen LogP contribution is -2.44. The Balaban J connectivity index is 0.0000000866. The maximum Gasteiger partial charge on any atom is -0.0292 e. The fourth-order valence-electron chi connectivity index (χ4n) is 37.8. The van der Waals surface area contributed by atoms with Crippen molar-refractivity contribution in [3.8, 4) is 0 Å². The molecule has 107 heavy (non-hydrogen) atoms. The minimum Gasteiger partial charge on any atom is -0.0625 e. The molecule has 34 aliphatic rings. The van der Waals surface area contributed by atoms with E-state index in [0.29, 0.717) is 0 Å². The van der Waals surface area contributed by atoms with Crippen LogP contribution in [0.5, 0.6) is 0 Å². The van der Waals surface area contributed by atoms with Gasteiger partial charge in [-0.3, -0.25) is 0 Å². The number of rotatable bonds is 0. The Kier molecular flexibility index (Phi) is 25.4. The van der Waals surface area contributed by atoms with Gasteiger partial charge < -0.3 is 0 Å². The van der Waals surface area contributed by atoms with Gasteiger partial charge in [0.05, 0.1) is 0 Å². The molecule has 0 amide bonds. The summed E-state index contributed by atoms with van der Waals surface area (Å²) in [5.41, 5.74) is 2.41. The van der Waals surface area contributed by atoms with Gasteiger partial charge in [0.25, 0.3) is 0 Å². The zero-order valence-electron chi connectivity index (χ0n) is 73.5. The van der Waals surface area contributed by atoms with Gasteiger partial charge in [-0.1, -0.05) is 166 Å². The highest BCUT2D eigenvalue weighted by molar-refractivity contribution is 5.06. The summed E-state index contributed by atoms with van der Waals surface area (Å²) in [7, 11) is 0. The Morgan fingerprint density at radius 2 is 0.523 bits per heavy atom. The van der Waals surface area contributed by atoms with E-state index in [2.05, 4.69) is 76.2 Å². The fraction of sp³-hybridized carbons (Fsp3) is 1.00. The van der Waals surface area contributed by atoms with Crippen molar-refractivity contribution in [3.05, 3.63) is 0 Å². The molecular weight excluding hydrogens is 1290 g/mol. The number of fused-ring (bicyclic) bond motifs is 14. The SMILES string of the molecule is CC12CC3CC(CC(C3)C1)C2.CC12CC3CC(CC1C3)C2.CC12CCCC(CCC1)C2.CC1C2CC3CC(C2)C1C3.CC1C2CC3CC(C2)CC1C3.CC1C2CCCC1CCC2.CC1CC2CC(C1)C2.CC1CC2CC3CC(C2)CC1C3.CC1CC2CCC1C2.CC1CC2CCC1C2.CC1CC2CCC1CC2. The predicted molar refractivity (Wildman–Crippen MR) is 457 cm³/mol. The van der Waals surface area contributed by atoms with Gasteiger partial charge in [-0.05, 0) is 505 Å². The molecule has 0 radical (unpaired) electrons. The molecule has 0 aromatic heterocycles. The average molecular weight is 1470 g/mol. The molecule has 0 aliphatic heterocycles. The second kappa shape index (κ2) is 34.1. The van der Waals surface area contributed by atoms with Crippen LogP contribution in [0.2, 0.25) is 0 Å². The van der Waals surface area contributed by atoms with Crippen molar-refractivity contribution in [1.82, 2.24) is 0 Å². The van der Waals surface area contributed by atoms with E-state index in [4.69, 9.17) is 0 Å². The van der Waals surface area contributed by atoms with Crippen LogP contribution in [0.15, 0.2) is 0 Å². The van der Waals surface area contributed by atoms with Gasteiger partial charge in [-0.15, -0.1) is 0 Å². The normalized spacial score (nSPS) is 55.6. The molecule has 17 unspecified atom stereocenters. The first kappa shape index (κ1) is 79.5. The highest BCUT2D eigenvalue weighted by Crippen LogP contribution is 2.66.